The summed E-state index contributed by atoms with van der Waals surface area (Å²) in [7, 11) is 0. The molecular weight excluding hydrogens is 360 g/mol. The van der Waals surface area contributed by atoms with Crippen LogP contribution in [0.3, 0.4) is 0 Å². The summed E-state index contributed by atoms with van der Waals surface area (Å²) in [6, 6.07) is 11.1. The molecule has 2 N–H and O–H groups in total. The summed E-state index contributed by atoms with van der Waals surface area (Å²) < 4.78 is 11.3. The summed E-state index contributed by atoms with van der Waals surface area (Å²) in [5.41, 5.74) is 3.52. The average Bonchev–Trinajstić information content (AvgIpc) is 2.64. The van der Waals surface area contributed by atoms with Crippen molar-refractivity contribution in [1.29, 1.82) is 0 Å². The monoisotopic (exact) mass is 390 g/mol. The zero-order valence-corrected chi connectivity index (χ0v) is 16.7. The van der Waals surface area contributed by atoms with E-state index >= 15 is 0 Å². The van der Waals surface area contributed by atoms with Gasteiger partial charge in [-0.3, -0.25) is 4.98 Å². The van der Waals surface area contributed by atoms with Gasteiger partial charge in [-0.15, -0.1) is 0 Å². The second-order valence-electron chi connectivity index (χ2n) is 6.65. The Morgan fingerprint density at radius 1 is 1.07 bits per heavy atom. The normalized spacial score (nSPS) is 15.7. The molecule has 2 heterocycles. The van der Waals surface area contributed by atoms with E-state index in [9.17, 15) is 0 Å². The Balaban J connectivity index is 0.00000261. The third kappa shape index (κ3) is 7.14. The van der Waals surface area contributed by atoms with Gasteiger partial charge in [0.25, 0.3) is 0 Å². The number of ether oxygens (including phenoxy) is 2. The highest BCUT2D eigenvalue weighted by Gasteiger charge is 2.16. The number of aliphatic hydroxyl groups excluding tert-OH is 1. The molecule has 5 nitrogen and oxygen atoms in total. The minimum absolute atomic E-state index is 0. The Morgan fingerprint density at radius 3 is 2.56 bits per heavy atom. The molecule has 0 saturated carbocycles. The SMILES string of the molecule is OCCCOCCCc1ccc(-c2cncc(OC[C@@H]3CCN3)c2)cc1.S. The molecule has 1 aliphatic heterocycles. The van der Waals surface area contributed by atoms with Crippen molar-refractivity contribution in [2.75, 3.05) is 33.0 Å². The fourth-order valence-corrected chi connectivity index (χ4v) is 2.85. The van der Waals surface area contributed by atoms with Gasteiger partial charge in [0.2, 0.25) is 0 Å². The summed E-state index contributed by atoms with van der Waals surface area (Å²) >= 11 is 0. The Bertz CT molecular complexity index is 663. The van der Waals surface area contributed by atoms with Crippen molar-refractivity contribution >= 4 is 13.5 Å². The maximum Gasteiger partial charge on any atom is 0.138 e. The molecule has 1 aromatic carbocycles. The topological polar surface area (TPSA) is 63.6 Å². The highest BCUT2D eigenvalue weighted by Crippen LogP contribution is 2.23. The fraction of sp³-hybridized carbons (Fsp3) is 0.476. The predicted molar refractivity (Wildman–Crippen MR) is 113 cm³/mol. The molecule has 27 heavy (non-hydrogen) atoms. The maximum atomic E-state index is 8.71. The van der Waals surface area contributed by atoms with Crippen LogP contribution in [0.1, 0.15) is 24.8 Å². The lowest BCUT2D eigenvalue weighted by Crippen LogP contribution is -2.46. The highest BCUT2D eigenvalue weighted by molar-refractivity contribution is 7.59. The van der Waals surface area contributed by atoms with Gasteiger partial charge in [-0.2, -0.15) is 13.5 Å². The van der Waals surface area contributed by atoms with Crippen molar-refractivity contribution in [3.63, 3.8) is 0 Å². The van der Waals surface area contributed by atoms with E-state index in [1.807, 2.05) is 6.20 Å². The van der Waals surface area contributed by atoms with Gasteiger partial charge < -0.3 is 19.9 Å². The number of benzene rings is 1. The van der Waals surface area contributed by atoms with Crippen LogP contribution < -0.4 is 10.1 Å². The molecule has 148 valence electrons. The summed E-state index contributed by atoms with van der Waals surface area (Å²) in [6.07, 6.45) is 7.52. The zero-order chi connectivity index (χ0) is 18.0. The number of pyridine rings is 1. The van der Waals surface area contributed by atoms with Gasteiger partial charge in [-0.05, 0) is 49.4 Å². The molecule has 0 unspecified atom stereocenters. The van der Waals surface area contributed by atoms with Crippen molar-refractivity contribution in [1.82, 2.24) is 10.3 Å². The number of aromatic nitrogens is 1. The number of aryl methyl sites for hydroxylation is 1. The molecule has 1 fully saturated rings. The van der Waals surface area contributed by atoms with E-state index in [1.54, 1.807) is 6.20 Å². The molecule has 6 heteroatoms. The quantitative estimate of drug-likeness (QED) is 0.578. The summed E-state index contributed by atoms with van der Waals surface area (Å²) in [6.45, 7) is 3.36. The van der Waals surface area contributed by atoms with Crippen molar-refractivity contribution < 1.29 is 14.6 Å². The first-order valence-corrected chi connectivity index (χ1v) is 9.44. The average molecular weight is 391 g/mol. The Morgan fingerprint density at radius 2 is 1.85 bits per heavy atom. The van der Waals surface area contributed by atoms with Gasteiger partial charge in [0.15, 0.2) is 0 Å². The molecule has 0 spiro atoms. The van der Waals surface area contributed by atoms with E-state index in [1.165, 1.54) is 12.0 Å². The summed E-state index contributed by atoms with van der Waals surface area (Å²) in [5.74, 6) is 0.820. The van der Waals surface area contributed by atoms with Crippen molar-refractivity contribution in [2.45, 2.75) is 31.7 Å². The first kappa shape index (κ1) is 21.7. The summed E-state index contributed by atoms with van der Waals surface area (Å²) in [5, 5.41) is 12.0. The number of hydrogen-bond acceptors (Lipinski definition) is 5. The van der Waals surface area contributed by atoms with Crippen molar-refractivity contribution in [3.05, 3.63) is 48.3 Å². The molecule has 1 aromatic heterocycles. The second kappa shape index (κ2) is 12.0. The van der Waals surface area contributed by atoms with Crippen molar-refractivity contribution in [3.8, 4) is 16.9 Å². The minimum atomic E-state index is 0. The molecule has 0 radical (unpaired) electrons. The van der Waals surface area contributed by atoms with Crippen LogP contribution in [-0.2, 0) is 11.2 Å². The predicted octanol–water partition coefficient (Wildman–Crippen LogP) is 2.93. The van der Waals surface area contributed by atoms with Crippen LogP contribution >= 0.6 is 13.5 Å². The van der Waals surface area contributed by atoms with Crippen LogP contribution in [0.4, 0.5) is 0 Å². The lowest BCUT2D eigenvalue weighted by molar-refractivity contribution is 0.114. The largest absolute Gasteiger partial charge is 0.490 e. The first-order chi connectivity index (χ1) is 12.8. The van der Waals surface area contributed by atoms with Gasteiger partial charge in [0.05, 0.1) is 6.20 Å². The van der Waals surface area contributed by atoms with Gasteiger partial charge >= 0.3 is 0 Å². The van der Waals surface area contributed by atoms with Crippen LogP contribution in [0.2, 0.25) is 0 Å². The Kier molecular flexibility index (Phi) is 9.62. The second-order valence-corrected chi connectivity index (χ2v) is 6.65. The van der Waals surface area contributed by atoms with Crippen LogP contribution in [0, 0.1) is 0 Å². The fourth-order valence-electron chi connectivity index (χ4n) is 2.85. The molecule has 0 amide bonds. The molecule has 0 aliphatic carbocycles. The number of nitrogens with zero attached hydrogens (tertiary/aromatic N) is 1. The van der Waals surface area contributed by atoms with Gasteiger partial charge in [0, 0.05) is 37.6 Å². The molecule has 3 rings (SSSR count). The third-order valence-corrected chi connectivity index (χ3v) is 4.58. The highest BCUT2D eigenvalue weighted by atomic mass is 32.1. The number of aliphatic hydroxyl groups is 1. The van der Waals surface area contributed by atoms with E-state index in [4.69, 9.17) is 14.6 Å². The Labute approximate surface area is 168 Å². The lowest BCUT2D eigenvalue weighted by Gasteiger charge is -2.27. The van der Waals surface area contributed by atoms with Gasteiger partial charge in [0.1, 0.15) is 12.4 Å². The number of nitrogens with one attached hydrogen (secondary N) is 1. The van der Waals surface area contributed by atoms with E-state index in [0.717, 1.165) is 42.9 Å². The van der Waals surface area contributed by atoms with Crippen LogP contribution in [0.15, 0.2) is 42.7 Å². The van der Waals surface area contributed by atoms with E-state index in [0.29, 0.717) is 25.7 Å². The van der Waals surface area contributed by atoms with Gasteiger partial charge in [-0.1, -0.05) is 24.3 Å². The standard InChI is InChI=1S/C21H28N2O3.H2S/c24-10-2-12-25-11-1-3-17-4-6-18(7-5-17)19-13-21(15-22-14-19)26-16-20-8-9-23-20;/h4-7,13-15,20,23-24H,1-3,8-12,16H2;1H2/t20-;/m0./s1. The van der Waals surface area contributed by atoms with E-state index in [2.05, 4.69) is 40.6 Å². The van der Waals surface area contributed by atoms with E-state index in [-0.39, 0.29) is 20.1 Å². The van der Waals surface area contributed by atoms with Crippen LogP contribution in [0.5, 0.6) is 5.75 Å². The smallest absolute Gasteiger partial charge is 0.138 e. The van der Waals surface area contributed by atoms with Crippen LogP contribution in [0.25, 0.3) is 11.1 Å². The lowest BCUT2D eigenvalue weighted by atomic mass is 10.0. The molecular formula is C21H30N2O3S. The van der Waals surface area contributed by atoms with Crippen molar-refractivity contribution in [2.24, 2.45) is 0 Å². The maximum absolute atomic E-state index is 8.71. The summed E-state index contributed by atoms with van der Waals surface area (Å²) in [4.78, 5) is 4.31. The molecule has 1 atom stereocenters. The minimum Gasteiger partial charge on any atom is -0.490 e. The molecule has 1 saturated heterocycles. The molecule has 0 bridgehead atoms. The van der Waals surface area contributed by atoms with Gasteiger partial charge in [-0.25, -0.2) is 0 Å². The number of hydrogen-bond donors (Lipinski definition) is 2. The first-order valence-electron chi connectivity index (χ1n) is 9.44. The number of rotatable bonds is 11. The zero-order valence-electron chi connectivity index (χ0n) is 15.7. The Hall–Kier alpha value is -1.60. The van der Waals surface area contributed by atoms with E-state index < -0.39 is 0 Å². The third-order valence-electron chi connectivity index (χ3n) is 4.58. The van der Waals surface area contributed by atoms with Crippen LogP contribution in [-0.4, -0.2) is 49.1 Å². The molecule has 2 aromatic rings. The molecule has 1 aliphatic rings.